The monoisotopic (exact) mass is 420 g/mol. The Morgan fingerprint density at radius 2 is 1.96 bits per heavy atom. The number of likely N-dealkylation sites (N-methyl/N-ethyl adjacent to an activating group) is 1. The molecule has 3 rings (SSSR count). The van der Waals surface area contributed by atoms with Gasteiger partial charge in [-0.3, -0.25) is 9.69 Å². The van der Waals surface area contributed by atoms with Crippen molar-refractivity contribution in [2.75, 3.05) is 39.8 Å². The van der Waals surface area contributed by atoms with E-state index in [2.05, 4.69) is 49.8 Å². The molecule has 0 spiro atoms. The van der Waals surface area contributed by atoms with Crippen LogP contribution in [0.2, 0.25) is 0 Å². The lowest BCUT2D eigenvalue weighted by molar-refractivity contribution is 0.0658. The summed E-state index contributed by atoms with van der Waals surface area (Å²) in [5, 5.41) is 2.97. The fourth-order valence-corrected chi connectivity index (χ4v) is 5.03. The Labute approximate surface area is 177 Å². The second-order valence-electron chi connectivity index (χ2n) is 8.13. The van der Waals surface area contributed by atoms with Crippen molar-refractivity contribution in [2.45, 2.75) is 40.3 Å². The van der Waals surface area contributed by atoms with E-state index in [0.29, 0.717) is 11.6 Å². The molecule has 28 heavy (non-hydrogen) atoms. The first-order valence-corrected chi connectivity index (χ1v) is 11.8. The van der Waals surface area contributed by atoms with Gasteiger partial charge in [0.15, 0.2) is 0 Å². The number of hydrogen-bond donors (Lipinski definition) is 0. The second kappa shape index (κ2) is 9.96. The third kappa shape index (κ3) is 6.11. The number of carbonyl (C=O) groups excluding carboxylic acids is 1. The first-order chi connectivity index (χ1) is 13.4. The number of hydrogen-bond acceptors (Lipinski definition) is 6. The van der Waals surface area contributed by atoms with Gasteiger partial charge in [0.1, 0.15) is 10.7 Å². The molecule has 3 heterocycles. The molecule has 154 valence electrons. The van der Waals surface area contributed by atoms with Gasteiger partial charge in [-0.05, 0) is 45.0 Å². The van der Waals surface area contributed by atoms with Gasteiger partial charge in [0.05, 0.1) is 6.54 Å². The quantitative estimate of drug-likeness (QED) is 0.648. The molecule has 5 nitrogen and oxygen atoms in total. The highest BCUT2D eigenvalue weighted by atomic mass is 32.1. The Hall–Kier alpha value is -1.28. The zero-order valence-electron chi connectivity index (χ0n) is 17.5. The Kier molecular flexibility index (Phi) is 7.62. The SMILES string of the molecule is Cc1ccc(CN(CCC(C)C)Cc2nc(C(=O)N3CCN(C)CC3)cs2)s1. The van der Waals surface area contributed by atoms with Crippen LogP contribution in [0.4, 0.5) is 0 Å². The van der Waals surface area contributed by atoms with Crippen LogP contribution >= 0.6 is 22.7 Å². The minimum Gasteiger partial charge on any atom is -0.335 e. The second-order valence-corrected chi connectivity index (χ2v) is 10.4. The van der Waals surface area contributed by atoms with Crippen LogP contribution in [0.15, 0.2) is 17.5 Å². The molecular weight excluding hydrogens is 388 g/mol. The predicted octanol–water partition coefficient (Wildman–Crippen LogP) is 3.95. The van der Waals surface area contributed by atoms with Gasteiger partial charge in [-0.15, -0.1) is 22.7 Å². The topological polar surface area (TPSA) is 39.7 Å². The van der Waals surface area contributed by atoms with Crippen LogP contribution in [0.1, 0.15) is 45.5 Å². The van der Waals surface area contributed by atoms with Crippen molar-refractivity contribution < 1.29 is 4.79 Å². The summed E-state index contributed by atoms with van der Waals surface area (Å²) >= 11 is 3.48. The molecule has 0 aliphatic carbocycles. The van der Waals surface area contributed by atoms with Gasteiger partial charge >= 0.3 is 0 Å². The number of amides is 1. The van der Waals surface area contributed by atoms with E-state index in [0.717, 1.165) is 50.8 Å². The van der Waals surface area contributed by atoms with Crippen molar-refractivity contribution in [1.82, 2.24) is 19.7 Å². The lowest BCUT2D eigenvalue weighted by Gasteiger charge is -2.31. The molecule has 1 saturated heterocycles. The summed E-state index contributed by atoms with van der Waals surface area (Å²) in [5.41, 5.74) is 0.611. The van der Waals surface area contributed by atoms with Gasteiger partial charge in [0.2, 0.25) is 0 Å². The summed E-state index contributed by atoms with van der Waals surface area (Å²) in [6.07, 6.45) is 1.17. The maximum Gasteiger partial charge on any atom is 0.273 e. The molecular formula is C21H32N4OS2. The highest BCUT2D eigenvalue weighted by Crippen LogP contribution is 2.21. The fourth-order valence-electron chi connectivity index (χ4n) is 3.29. The van der Waals surface area contributed by atoms with E-state index in [1.165, 1.54) is 16.2 Å². The van der Waals surface area contributed by atoms with Crippen molar-refractivity contribution in [2.24, 2.45) is 5.92 Å². The lowest BCUT2D eigenvalue weighted by atomic mass is 10.1. The van der Waals surface area contributed by atoms with Gasteiger partial charge in [-0.2, -0.15) is 0 Å². The zero-order valence-corrected chi connectivity index (χ0v) is 19.1. The highest BCUT2D eigenvalue weighted by molar-refractivity contribution is 7.11. The number of carbonyl (C=O) groups is 1. The summed E-state index contributed by atoms with van der Waals surface area (Å²) in [4.78, 5) is 26.9. The molecule has 0 unspecified atom stereocenters. The standard InChI is InChI=1S/C21H32N4OS2/c1-16(2)7-8-24(13-18-6-5-17(3)28-18)14-20-22-19(15-27-20)21(26)25-11-9-23(4)10-12-25/h5-6,15-16H,7-14H2,1-4H3. The average molecular weight is 421 g/mol. The molecule has 0 N–H and O–H groups in total. The molecule has 1 amide bonds. The molecule has 1 aliphatic rings. The minimum absolute atomic E-state index is 0.0817. The van der Waals surface area contributed by atoms with Crippen LogP contribution in [0.3, 0.4) is 0 Å². The Morgan fingerprint density at radius 1 is 1.21 bits per heavy atom. The number of nitrogens with zero attached hydrogens (tertiary/aromatic N) is 4. The third-order valence-electron chi connectivity index (χ3n) is 5.12. The number of thiophene rings is 1. The summed E-state index contributed by atoms with van der Waals surface area (Å²) in [6.45, 7) is 13.0. The first-order valence-electron chi connectivity index (χ1n) is 10.1. The van der Waals surface area contributed by atoms with Crippen molar-refractivity contribution in [3.05, 3.63) is 38.0 Å². The smallest absolute Gasteiger partial charge is 0.273 e. The van der Waals surface area contributed by atoms with Gasteiger partial charge in [-0.1, -0.05) is 13.8 Å². The van der Waals surface area contributed by atoms with Gasteiger partial charge < -0.3 is 9.80 Å². The van der Waals surface area contributed by atoms with Gasteiger partial charge in [-0.25, -0.2) is 4.98 Å². The number of rotatable bonds is 8. The average Bonchev–Trinajstić information content (AvgIpc) is 3.29. The van der Waals surface area contributed by atoms with Crippen LogP contribution in [0, 0.1) is 12.8 Å². The van der Waals surface area contributed by atoms with E-state index in [4.69, 9.17) is 4.98 Å². The molecule has 2 aromatic rings. The molecule has 0 bridgehead atoms. The number of aryl methyl sites for hydroxylation is 1. The van der Waals surface area contributed by atoms with Crippen LogP contribution in [-0.2, 0) is 13.1 Å². The van der Waals surface area contributed by atoms with Crippen LogP contribution in [-0.4, -0.2) is 65.4 Å². The van der Waals surface area contributed by atoms with Crippen LogP contribution in [0.5, 0.6) is 0 Å². The number of piperazine rings is 1. The van der Waals surface area contributed by atoms with Crippen LogP contribution < -0.4 is 0 Å². The largest absolute Gasteiger partial charge is 0.335 e. The molecule has 2 aromatic heterocycles. The Balaban J connectivity index is 1.62. The van der Waals surface area contributed by atoms with Crippen molar-refractivity contribution in [3.8, 4) is 0 Å². The van der Waals surface area contributed by atoms with E-state index in [9.17, 15) is 4.79 Å². The van der Waals surface area contributed by atoms with Crippen molar-refractivity contribution in [3.63, 3.8) is 0 Å². The van der Waals surface area contributed by atoms with Crippen molar-refractivity contribution in [1.29, 1.82) is 0 Å². The Bertz CT molecular complexity index is 762. The minimum atomic E-state index is 0.0817. The predicted molar refractivity (Wildman–Crippen MR) is 118 cm³/mol. The summed E-state index contributed by atoms with van der Waals surface area (Å²) in [7, 11) is 2.10. The van der Waals surface area contributed by atoms with E-state index < -0.39 is 0 Å². The number of thiazole rings is 1. The van der Waals surface area contributed by atoms with Crippen molar-refractivity contribution >= 4 is 28.6 Å². The lowest BCUT2D eigenvalue weighted by Crippen LogP contribution is -2.47. The summed E-state index contributed by atoms with van der Waals surface area (Å²) < 4.78 is 0. The van der Waals surface area contributed by atoms with E-state index in [1.807, 2.05) is 21.6 Å². The molecule has 0 aromatic carbocycles. The molecule has 7 heteroatoms. The maximum absolute atomic E-state index is 12.8. The fraction of sp³-hybridized carbons (Fsp3) is 0.619. The van der Waals surface area contributed by atoms with Gasteiger partial charge in [0.25, 0.3) is 5.91 Å². The summed E-state index contributed by atoms with van der Waals surface area (Å²) in [6, 6.07) is 4.42. The third-order valence-corrected chi connectivity index (χ3v) is 6.94. The normalized spacial score (nSPS) is 15.7. The van der Waals surface area contributed by atoms with E-state index >= 15 is 0 Å². The highest BCUT2D eigenvalue weighted by Gasteiger charge is 2.22. The first kappa shape index (κ1) is 21.4. The number of aromatic nitrogens is 1. The molecule has 1 aliphatic heterocycles. The van der Waals surface area contributed by atoms with E-state index in [-0.39, 0.29) is 5.91 Å². The maximum atomic E-state index is 12.8. The molecule has 0 radical (unpaired) electrons. The summed E-state index contributed by atoms with van der Waals surface area (Å²) in [5.74, 6) is 0.761. The van der Waals surface area contributed by atoms with Crippen LogP contribution in [0.25, 0.3) is 0 Å². The van der Waals surface area contributed by atoms with E-state index in [1.54, 1.807) is 11.3 Å². The Morgan fingerprint density at radius 3 is 2.61 bits per heavy atom. The molecule has 1 fully saturated rings. The molecule has 0 saturated carbocycles. The molecule has 0 atom stereocenters. The zero-order chi connectivity index (χ0) is 20.1. The van der Waals surface area contributed by atoms with Gasteiger partial charge in [0, 0.05) is 47.9 Å².